The van der Waals surface area contributed by atoms with Gasteiger partial charge in [0.1, 0.15) is 5.60 Å². The number of rotatable bonds is 7. The van der Waals surface area contributed by atoms with E-state index >= 15 is 0 Å². The molecular formula is C21H27N3O4S2. The Morgan fingerprint density at radius 3 is 2.17 bits per heavy atom. The highest BCUT2D eigenvalue weighted by atomic mass is 32.2. The number of aliphatic hydroxyl groups is 1. The van der Waals surface area contributed by atoms with Crippen molar-refractivity contribution in [3.8, 4) is 6.07 Å². The largest absolute Gasteiger partial charge is 0.384 e. The van der Waals surface area contributed by atoms with Crippen molar-refractivity contribution in [3.63, 3.8) is 0 Å². The van der Waals surface area contributed by atoms with E-state index in [0.717, 1.165) is 28.0 Å². The Labute approximate surface area is 181 Å². The third kappa shape index (κ3) is 5.45. The van der Waals surface area contributed by atoms with Gasteiger partial charge in [0, 0.05) is 5.38 Å². The summed E-state index contributed by atoms with van der Waals surface area (Å²) in [6, 6.07) is 5.66. The normalized spacial score (nSPS) is 12.3. The number of thiazole rings is 1. The zero-order valence-electron chi connectivity index (χ0n) is 18.0. The predicted octanol–water partition coefficient (Wildman–Crippen LogP) is 3.54. The minimum Gasteiger partial charge on any atom is -0.384 e. The van der Waals surface area contributed by atoms with E-state index in [1.54, 1.807) is 12.1 Å². The van der Waals surface area contributed by atoms with Crippen molar-refractivity contribution >= 4 is 27.3 Å². The summed E-state index contributed by atoms with van der Waals surface area (Å²) >= 11 is 0.843. The smallest absolute Gasteiger partial charge is 0.291 e. The summed E-state index contributed by atoms with van der Waals surface area (Å²) in [6.45, 7) is 10.9. The zero-order valence-corrected chi connectivity index (χ0v) is 19.6. The van der Waals surface area contributed by atoms with E-state index in [1.165, 1.54) is 19.2 Å². The number of sulfonamides is 1. The van der Waals surface area contributed by atoms with Gasteiger partial charge in [-0.1, -0.05) is 27.7 Å². The van der Waals surface area contributed by atoms with Crippen molar-refractivity contribution in [2.24, 2.45) is 0 Å². The summed E-state index contributed by atoms with van der Waals surface area (Å²) in [5, 5.41) is 20.8. The molecule has 0 radical (unpaired) electrons. The molecular weight excluding hydrogens is 422 g/mol. The molecule has 162 valence electrons. The van der Waals surface area contributed by atoms with Gasteiger partial charge >= 0.3 is 0 Å². The molecule has 1 aromatic heterocycles. The molecule has 0 aliphatic carbocycles. The molecule has 1 heterocycles. The summed E-state index contributed by atoms with van der Waals surface area (Å²) in [5.74, 6) is -0.560. The van der Waals surface area contributed by atoms with Gasteiger partial charge in [-0.05, 0) is 54.5 Å². The first kappa shape index (κ1) is 24.0. The number of hydrogen-bond acceptors (Lipinski definition) is 7. The summed E-state index contributed by atoms with van der Waals surface area (Å²) < 4.78 is 27.0. The summed E-state index contributed by atoms with van der Waals surface area (Å²) in [4.78, 5) is 16.6. The van der Waals surface area contributed by atoms with Crippen LogP contribution in [0.15, 0.2) is 21.9 Å². The summed E-state index contributed by atoms with van der Waals surface area (Å²) in [7, 11) is -4.15. The van der Waals surface area contributed by atoms with Gasteiger partial charge in [0.25, 0.3) is 10.0 Å². The van der Waals surface area contributed by atoms with Gasteiger partial charge in [0.05, 0.1) is 23.7 Å². The predicted molar refractivity (Wildman–Crippen MR) is 116 cm³/mol. The fourth-order valence-electron chi connectivity index (χ4n) is 3.07. The van der Waals surface area contributed by atoms with Crippen LogP contribution in [-0.2, 0) is 26.8 Å². The molecule has 2 aromatic rings. The van der Waals surface area contributed by atoms with E-state index in [0.29, 0.717) is 5.56 Å². The molecule has 1 aromatic carbocycles. The molecule has 0 aliphatic rings. The molecule has 0 aliphatic heterocycles. The van der Waals surface area contributed by atoms with Crippen molar-refractivity contribution in [3.05, 3.63) is 45.5 Å². The molecule has 30 heavy (non-hydrogen) atoms. The first-order valence-electron chi connectivity index (χ1n) is 9.57. The molecule has 0 fully saturated rings. The van der Waals surface area contributed by atoms with Crippen molar-refractivity contribution in [2.45, 2.75) is 69.7 Å². The summed E-state index contributed by atoms with van der Waals surface area (Å²) in [5.41, 5.74) is 1.89. The van der Waals surface area contributed by atoms with E-state index in [-0.39, 0.29) is 28.3 Å². The first-order chi connectivity index (χ1) is 13.8. The molecule has 7 nitrogen and oxygen atoms in total. The molecule has 0 atom stereocenters. The Morgan fingerprint density at radius 2 is 1.77 bits per heavy atom. The number of carbonyl (C=O) groups excluding carboxylic acids is 1. The van der Waals surface area contributed by atoms with Gasteiger partial charge in [-0.25, -0.2) is 9.71 Å². The third-order valence-electron chi connectivity index (χ3n) is 4.62. The van der Waals surface area contributed by atoms with Crippen molar-refractivity contribution in [1.29, 1.82) is 5.26 Å². The van der Waals surface area contributed by atoms with Gasteiger partial charge in [-0.2, -0.15) is 13.7 Å². The van der Waals surface area contributed by atoms with E-state index in [4.69, 9.17) is 0 Å². The van der Waals surface area contributed by atoms with Crippen LogP contribution in [0.2, 0.25) is 0 Å². The molecule has 0 unspecified atom stereocenters. The van der Waals surface area contributed by atoms with Gasteiger partial charge in [-0.3, -0.25) is 4.79 Å². The molecule has 0 saturated heterocycles. The van der Waals surface area contributed by atoms with Gasteiger partial charge in [-0.15, -0.1) is 11.3 Å². The van der Waals surface area contributed by atoms with Gasteiger partial charge < -0.3 is 5.11 Å². The fourth-order valence-corrected chi connectivity index (χ4v) is 5.23. The molecule has 2 N–H and O–H groups in total. The number of hydrogen-bond donors (Lipinski definition) is 2. The lowest BCUT2D eigenvalue weighted by molar-refractivity contribution is -0.118. The van der Waals surface area contributed by atoms with Crippen LogP contribution in [0.4, 0.5) is 0 Å². The van der Waals surface area contributed by atoms with Crippen LogP contribution >= 0.6 is 11.3 Å². The Balaban J connectivity index is 2.36. The second-order valence-corrected chi connectivity index (χ2v) is 11.0. The van der Waals surface area contributed by atoms with Crippen LogP contribution in [0, 0.1) is 11.3 Å². The Kier molecular flexibility index (Phi) is 7.07. The molecule has 9 heteroatoms. The minimum atomic E-state index is -4.15. The quantitative estimate of drug-likeness (QED) is 0.667. The lowest BCUT2D eigenvalue weighted by atomic mass is 9.85. The average Bonchev–Trinajstić information content (AvgIpc) is 3.12. The maximum Gasteiger partial charge on any atom is 0.291 e. The van der Waals surface area contributed by atoms with E-state index in [9.17, 15) is 23.6 Å². The van der Waals surface area contributed by atoms with E-state index < -0.39 is 21.5 Å². The van der Waals surface area contributed by atoms with Crippen LogP contribution < -0.4 is 4.72 Å². The monoisotopic (exact) mass is 449 g/mol. The van der Waals surface area contributed by atoms with E-state index in [1.807, 2.05) is 27.7 Å². The van der Waals surface area contributed by atoms with Crippen LogP contribution in [0.3, 0.4) is 0 Å². The highest BCUT2D eigenvalue weighted by molar-refractivity contribution is 7.92. The molecule has 1 amide bonds. The average molecular weight is 450 g/mol. The molecule has 2 rings (SSSR count). The van der Waals surface area contributed by atoms with Crippen LogP contribution in [0.5, 0.6) is 0 Å². The summed E-state index contributed by atoms with van der Waals surface area (Å²) in [6.07, 6.45) is -0.129. The second kappa shape index (κ2) is 8.84. The minimum absolute atomic E-state index is 0.0588. The first-order valence-corrected chi connectivity index (χ1v) is 11.9. The van der Waals surface area contributed by atoms with Crippen LogP contribution in [0.1, 0.15) is 81.3 Å². The van der Waals surface area contributed by atoms with Crippen molar-refractivity contribution < 1.29 is 18.3 Å². The lowest BCUT2D eigenvalue weighted by Crippen LogP contribution is -2.32. The zero-order chi connectivity index (χ0) is 22.9. The van der Waals surface area contributed by atoms with Gasteiger partial charge in [0.2, 0.25) is 10.2 Å². The Morgan fingerprint density at radius 1 is 1.23 bits per heavy atom. The Bertz CT molecular complexity index is 1060. The molecule has 0 spiro atoms. The maximum atomic E-state index is 12.7. The third-order valence-corrected chi connectivity index (χ3v) is 7.25. The Hall–Kier alpha value is -2.28. The number of nitriles is 1. The number of nitrogens with zero attached hydrogens (tertiary/aromatic N) is 2. The maximum absolute atomic E-state index is 12.7. The number of aromatic nitrogens is 1. The second-order valence-electron chi connectivity index (χ2n) is 8.32. The number of carbonyl (C=O) groups is 1. The highest BCUT2D eigenvalue weighted by Gasteiger charge is 2.27. The number of nitrogens with one attached hydrogen (secondary N) is 1. The standard InChI is InChI=1S/C21H27N3O4S2/c1-12(2)15-7-14(10-22)8-16(13(3)4)17(15)9-19(25)24-30(27,28)20-23-18(11-29-20)21(5,6)26/h7-8,11-13,26H,9H2,1-6H3,(H,24,25). The van der Waals surface area contributed by atoms with Crippen molar-refractivity contribution in [2.75, 3.05) is 0 Å². The fraction of sp³-hybridized carbons (Fsp3) is 0.476. The van der Waals surface area contributed by atoms with Gasteiger partial charge in [0.15, 0.2) is 0 Å². The molecule has 0 bridgehead atoms. The topological polar surface area (TPSA) is 120 Å². The highest BCUT2D eigenvalue weighted by Crippen LogP contribution is 2.30. The van der Waals surface area contributed by atoms with Crippen LogP contribution in [0.25, 0.3) is 0 Å². The van der Waals surface area contributed by atoms with Crippen LogP contribution in [-0.4, -0.2) is 24.4 Å². The molecule has 0 saturated carbocycles. The SMILES string of the molecule is CC(C)c1cc(C#N)cc(C(C)C)c1CC(=O)NS(=O)(=O)c1nc(C(C)(C)O)cs1. The number of amides is 1. The van der Waals surface area contributed by atoms with Crippen molar-refractivity contribution in [1.82, 2.24) is 9.71 Å². The van der Waals surface area contributed by atoms with E-state index in [2.05, 4.69) is 15.8 Å². The lowest BCUT2D eigenvalue weighted by Gasteiger charge is -2.20. The number of benzene rings is 1.